The quantitative estimate of drug-likeness (QED) is 0.866. The lowest BCUT2D eigenvalue weighted by atomic mass is 10.1. The Kier molecular flexibility index (Phi) is 3.72. The van der Waals surface area contributed by atoms with Gasteiger partial charge in [-0.05, 0) is 69.8 Å². The normalized spacial score (nSPS) is 24.0. The molecular weight excluding hydrogens is 210 g/mol. The highest BCUT2D eigenvalue weighted by molar-refractivity contribution is 5.41. The minimum atomic E-state index is 0.383. The van der Waals surface area contributed by atoms with Crippen LogP contribution in [0, 0.1) is 20.8 Å². The highest BCUT2D eigenvalue weighted by Crippen LogP contribution is 2.28. The molecule has 1 aliphatic rings. The fourth-order valence-electron chi connectivity index (χ4n) is 2.55. The van der Waals surface area contributed by atoms with Gasteiger partial charge in [0.15, 0.2) is 0 Å². The Bertz CT molecular complexity index is 400. The molecule has 1 aromatic carbocycles. The van der Waals surface area contributed by atoms with Crippen molar-refractivity contribution in [3.05, 3.63) is 28.8 Å². The highest BCUT2D eigenvalue weighted by atomic mass is 16.5. The fraction of sp³-hybridized carbons (Fsp3) is 0.600. The number of ether oxygens (including phenoxy) is 1. The molecule has 0 radical (unpaired) electrons. The van der Waals surface area contributed by atoms with Gasteiger partial charge in [0, 0.05) is 6.04 Å². The third-order valence-corrected chi connectivity index (χ3v) is 3.88. The van der Waals surface area contributed by atoms with E-state index in [0.717, 1.165) is 18.6 Å². The van der Waals surface area contributed by atoms with Crippen LogP contribution < -0.4 is 10.1 Å². The molecule has 0 saturated heterocycles. The topological polar surface area (TPSA) is 21.3 Å². The van der Waals surface area contributed by atoms with Crippen LogP contribution in [0.2, 0.25) is 0 Å². The first-order valence-electron chi connectivity index (χ1n) is 6.52. The van der Waals surface area contributed by atoms with Gasteiger partial charge in [0.25, 0.3) is 0 Å². The van der Waals surface area contributed by atoms with E-state index in [0.29, 0.717) is 12.1 Å². The maximum absolute atomic E-state index is 6.13. The average molecular weight is 233 g/mol. The van der Waals surface area contributed by atoms with Crippen molar-refractivity contribution in [1.29, 1.82) is 0 Å². The Morgan fingerprint density at radius 1 is 1.06 bits per heavy atom. The third kappa shape index (κ3) is 2.81. The van der Waals surface area contributed by atoms with Crippen molar-refractivity contribution < 1.29 is 4.74 Å². The van der Waals surface area contributed by atoms with Gasteiger partial charge in [-0.3, -0.25) is 0 Å². The molecule has 17 heavy (non-hydrogen) atoms. The van der Waals surface area contributed by atoms with Crippen LogP contribution in [-0.2, 0) is 0 Å². The Labute approximate surface area is 104 Å². The maximum atomic E-state index is 6.13. The lowest BCUT2D eigenvalue weighted by Crippen LogP contribution is -2.23. The van der Waals surface area contributed by atoms with Gasteiger partial charge in [-0.2, -0.15) is 0 Å². The van der Waals surface area contributed by atoms with Crippen molar-refractivity contribution in [1.82, 2.24) is 5.32 Å². The number of nitrogens with one attached hydrogen (secondary N) is 1. The largest absolute Gasteiger partial charge is 0.490 e. The first kappa shape index (κ1) is 12.4. The number of hydrogen-bond donors (Lipinski definition) is 1. The zero-order valence-corrected chi connectivity index (χ0v) is 11.3. The molecule has 1 saturated carbocycles. The zero-order chi connectivity index (χ0) is 12.4. The molecule has 1 N–H and O–H groups in total. The summed E-state index contributed by atoms with van der Waals surface area (Å²) in [5.41, 5.74) is 3.91. The Morgan fingerprint density at radius 3 is 2.41 bits per heavy atom. The molecule has 2 unspecified atom stereocenters. The average Bonchev–Trinajstić information content (AvgIpc) is 2.73. The SMILES string of the molecule is CNC1CCC(Oc2cc(C)c(C)cc2C)C1. The Hall–Kier alpha value is -1.02. The number of benzene rings is 1. The molecule has 2 heteroatoms. The van der Waals surface area contributed by atoms with Crippen molar-refractivity contribution in [3.8, 4) is 5.75 Å². The molecule has 1 fully saturated rings. The van der Waals surface area contributed by atoms with Crippen molar-refractivity contribution >= 4 is 0 Å². The van der Waals surface area contributed by atoms with E-state index >= 15 is 0 Å². The van der Waals surface area contributed by atoms with Gasteiger partial charge in [0.2, 0.25) is 0 Å². The molecule has 0 amide bonds. The summed E-state index contributed by atoms with van der Waals surface area (Å²) in [6.07, 6.45) is 3.90. The van der Waals surface area contributed by atoms with Gasteiger partial charge in [0.05, 0.1) is 0 Å². The van der Waals surface area contributed by atoms with Crippen LogP contribution in [0.1, 0.15) is 36.0 Å². The number of rotatable bonds is 3. The molecule has 1 aromatic rings. The Morgan fingerprint density at radius 2 is 1.76 bits per heavy atom. The minimum absolute atomic E-state index is 0.383. The Balaban J connectivity index is 2.06. The van der Waals surface area contributed by atoms with Gasteiger partial charge in [-0.25, -0.2) is 0 Å². The van der Waals surface area contributed by atoms with Gasteiger partial charge >= 0.3 is 0 Å². The van der Waals surface area contributed by atoms with Crippen molar-refractivity contribution in [2.45, 2.75) is 52.2 Å². The van der Waals surface area contributed by atoms with Gasteiger partial charge in [-0.1, -0.05) is 6.07 Å². The summed E-state index contributed by atoms with van der Waals surface area (Å²) in [6.45, 7) is 6.43. The van der Waals surface area contributed by atoms with Gasteiger partial charge in [0.1, 0.15) is 11.9 Å². The number of hydrogen-bond acceptors (Lipinski definition) is 2. The molecule has 0 spiro atoms. The first-order valence-corrected chi connectivity index (χ1v) is 6.52. The van der Waals surface area contributed by atoms with E-state index in [1.807, 2.05) is 7.05 Å². The van der Waals surface area contributed by atoms with Crippen LogP contribution in [0.25, 0.3) is 0 Å². The smallest absolute Gasteiger partial charge is 0.122 e. The maximum Gasteiger partial charge on any atom is 0.122 e. The van der Waals surface area contributed by atoms with E-state index in [4.69, 9.17) is 4.74 Å². The predicted octanol–water partition coefficient (Wildman–Crippen LogP) is 3.13. The summed E-state index contributed by atoms with van der Waals surface area (Å²) in [6, 6.07) is 5.03. The van der Waals surface area contributed by atoms with E-state index in [1.165, 1.54) is 23.1 Å². The van der Waals surface area contributed by atoms with E-state index in [2.05, 4.69) is 38.2 Å². The van der Waals surface area contributed by atoms with Crippen LogP contribution in [0.5, 0.6) is 5.75 Å². The summed E-state index contributed by atoms with van der Waals surface area (Å²) < 4.78 is 6.13. The predicted molar refractivity (Wildman–Crippen MR) is 71.8 cm³/mol. The summed E-state index contributed by atoms with van der Waals surface area (Å²) in [5.74, 6) is 1.06. The van der Waals surface area contributed by atoms with Gasteiger partial charge in [-0.15, -0.1) is 0 Å². The molecule has 0 heterocycles. The van der Waals surface area contributed by atoms with Crippen molar-refractivity contribution in [2.75, 3.05) is 7.05 Å². The summed E-state index contributed by atoms with van der Waals surface area (Å²) >= 11 is 0. The molecule has 2 rings (SSSR count). The molecule has 1 aliphatic carbocycles. The van der Waals surface area contributed by atoms with Crippen LogP contribution >= 0.6 is 0 Å². The van der Waals surface area contributed by atoms with E-state index < -0.39 is 0 Å². The van der Waals surface area contributed by atoms with Crippen LogP contribution in [-0.4, -0.2) is 19.2 Å². The highest BCUT2D eigenvalue weighted by Gasteiger charge is 2.25. The molecule has 2 atom stereocenters. The van der Waals surface area contributed by atoms with Gasteiger partial charge < -0.3 is 10.1 Å². The molecule has 0 aliphatic heterocycles. The molecule has 0 aromatic heterocycles. The van der Waals surface area contributed by atoms with E-state index in [-0.39, 0.29) is 0 Å². The molecule has 0 bridgehead atoms. The van der Waals surface area contributed by atoms with E-state index in [9.17, 15) is 0 Å². The summed E-state index contributed by atoms with van der Waals surface area (Å²) in [5, 5.41) is 3.33. The minimum Gasteiger partial charge on any atom is -0.490 e. The summed E-state index contributed by atoms with van der Waals surface area (Å²) in [4.78, 5) is 0. The number of aryl methyl sites for hydroxylation is 3. The van der Waals surface area contributed by atoms with Crippen LogP contribution in [0.15, 0.2) is 12.1 Å². The second-order valence-corrected chi connectivity index (χ2v) is 5.24. The molecular formula is C15H23NO. The van der Waals surface area contributed by atoms with Crippen LogP contribution in [0.4, 0.5) is 0 Å². The lowest BCUT2D eigenvalue weighted by molar-refractivity contribution is 0.205. The first-order chi connectivity index (χ1) is 8.10. The monoisotopic (exact) mass is 233 g/mol. The second-order valence-electron chi connectivity index (χ2n) is 5.24. The van der Waals surface area contributed by atoms with Crippen molar-refractivity contribution in [3.63, 3.8) is 0 Å². The van der Waals surface area contributed by atoms with Crippen molar-refractivity contribution in [2.24, 2.45) is 0 Å². The molecule has 2 nitrogen and oxygen atoms in total. The summed E-state index contributed by atoms with van der Waals surface area (Å²) in [7, 11) is 2.04. The van der Waals surface area contributed by atoms with Crippen LogP contribution in [0.3, 0.4) is 0 Å². The molecule has 94 valence electrons. The fourth-order valence-corrected chi connectivity index (χ4v) is 2.55. The van der Waals surface area contributed by atoms with E-state index in [1.54, 1.807) is 0 Å². The zero-order valence-electron chi connectivity index (χ0n) is 11.3. The second kappa shape index (κ2) is 5.09. The lowest BCUT2D eigenvalue weighted by Gasteiger charge is -2.17. The standard InChI is InChI=1S/C15H23NO/c1-10-7-12(3)15(8-11(10)2)17-14-6-5-13(9-14)16-4/h7-8,13-14,16H,5-6,9H2,1-4H3. The third-order valence-electron chi connectivity index (χ3n) is 3.88.